The number of aromatic nitrogens is 1. The first kappa shape index (κ1) is 9.65. The lowest BCUT2D eigenvalue weighted by Gasteiger charge is -2.01. The van der Waals surface area contributed by atoms with Crippen molar-refractivity contribution in [1.82, 2.24) is 4.57 Å². The highest BCUT2D eigenvalue weighted by Gasteiger charge is 2.09. The minimum atomic E-state index is -0.0503. The minimum Gasteiger partial charge on any atom is -0.294 e. The van der Waals surface area contributed by atoms with E-state index in [4.69, 9.17) is 0 Å². The van der Waals surface area contributed by atoms with Gasteiger partial charge in [-0.3, -0.25) is 14.2 Å². The van der Waals surface area contributed by atoms with Crippen LogP contribution in [-0.4, -0.2) is 16.3 Å². The quantitative estimate of drug-likeness (QED) is 0.665. The largest absolute Gasteiger partial charge is 0.294 e. The fourth-order valence-corrected chi connectivity index (χ4v) is 1.75. The smallest absolute Gasteiger partial charge is 0.227 e. The number of carbonyl (C=O) groups excluding carboxylic acids is 2. The predicted molar refractivity (Wildman–Crippen MR) is 58.2 cm³/mol. The van der Waals surface area contributed by atoms with Crippen LogP contribution >= 0.6 is 0 Å². The van der Waals surface area contributed by atoms with Crippen molar-refractivity contribution in [2.75, 3.05) is 0 Å². The van der Waals surface area contributed by atoms with Crippen LogP contribution in [0.4, 0.5) is 0 Å². The molecule has 0 saturated carbocycles. The van der Waals surface area contributed by atoms with Gasteiger partial charge in [0.15, 0.2) is 5.78 Å². The summed E-state index contributed by atoms with van der Waals surface area (Å²) in [5, 5.41) is 0.834. The van der Waals surface area contributed by atoms with E-state index in [1.165, 1.54) is 13.8 Å². The van der Waals surface area contributed by atoms with Crippen LogP contribution in [0.1, 0.15) is 29.0 Å². The summed E-state index contributed by atoms with van der Waals surface area (Å²) in [4.78, 5) is 22.6. The summed E-state index contributed by atoms with van der Waals surface area (Å²) in [7, 11) is 0. The summed E-state index contributed by atoms with van der Waals surface area (Å²) < 4.78 is 1.54. The molecule has 0 saturated heterocycles. The molecule has 0 amide bonds. The summed E-state index contributed by atoms with van der Waals surface area (Å²) in [6.45, 7) is 3.03. The van der Waals surface area contributed by atoms with Crippen LogP contribution in [0.5, 0.6) is 0 Å². The van der Waals surface area contributed by atoms with E-state index in [1.807, 2.05) is 6.07 Å². The van der Waals surface area contributed by atoms with E-state index in [1.54, 1.807) is 29.0 Å². The van der Waals surface area contributed by atoms with Gasteiger partial charge in [0.2, 0.25) is 5.91 Å². The first-order chi connectivity index (χ1) is 7.11. The third-order valence-corrected chi connectivity index (χ3v) is 2.45. The fraction of sp³-hybridized carbons (Fsp3) is 0.167. The molecule has 1 aromatic carbocycles. The van der Waals surface area contributed by atoms with Crippen LogP contribution in [0.2, 0.25) is 0 Å². The average Bonchev–Trinajstić information content (AvgIpc) is 2.59. The molecule has 2 rings (SSSR count). The number of hydrogen-bond acceptors (Lipinski definition) is 2. The molecular weight excluding hydrogens is 190 g/mol. The second kappa shape index (κ2) is 3.35. The monoisotopic (exact) mass is 201 g/mol. The molecule has 0 spiro atoms. The number of fused-ring (bicyclic) bond motifs is 1. The molecule has 0 aliphatic carbocycles. The van der Waals surface area contributed by atoms with Crippen LogP contribution in [-0.2, 0) is 0 Å². The lowest BCUT2D eigenvalue weighted by Crippen LogP contribution is -2.03. The van der Waals surface area contributed by atoms with Gasteiger partial charge in [-0.25, -0.2) is 0 Å². The lowest BCUT2D eigenvalue weighted by molar-refractivity contribution is 0.0940. The Bertz CT molecular complexity index is 552. The van der Waals surface area contributed by atoms with Crippen molar-refractivity contribution < 1.29 is 9.59 Å². The summed E-state index contributed by atoms with van der Waals surface area (Å²) in [6, 6.07) is 7.20. The Labute approximate surface area is 87.3 Å². The number of hydrogen-bond donors (Lipinski definition) is 0. The zero-order valence-electron chi connectivity index (χ0n) is 8.65. The van der Waals surface area contributed by atoms with Crippen molar-refractivity contribution in [2.24, 2.45) is 0 Å². The van der Waals surface area contributed by atoms with E-state index < -0.39 is 0 Å². The van der Waals surface area contributed by atoms with Crippen molar-refractivity contribution in [1.29, 1.82) is 0 Å². The number of rotatable bonds is 1. The van der Waals surface area contributed by atoms with Gasteiger partial charge in [0.25, 0.3) is 0 Å². The number of carbonyl (C=O) groups is 2. The fourth-order valence-electron chi connectivity index (χ4n) is 1.75. The molecule has 15 heavy (non-hydrogen) atoms. The van der Waals surface area contributed by atoms with Crippen LogP contribution in [0, 0.1) is 0 Å². The summed E-state index contributed by atoms with van der Waals surface area (Å²) in [5.74, 6) is -0.0346. The third-order valence-electron chi connectivity index (χ3n) is 2.45. The Hall–Kier alpha value is -1.90. The average molecular weight is 201 g/mol. The zero-order valence-corrected chi connectivity index (χ0v) is 8.65. The van der Waals surface area contributed by atoms with Gasteiger partial charge in [0, 0.05) is 24.1 Å². The molecule has 0 bridgehead atoms. The Balaban J connectivity index is 2.80. The standard InChI is InChI=1S/C12H11NO2/c1-8(14)10-4-3-5-12-11(10)6-7-13(12)9(2)15/h3-7H,1-2H3. The van der Waals surface area contributed by atoms with Gasteiger partial charge < -0.3 is 0 Å². The maximum atomic E-state index is 11.3. The first-order valence-corrected chi connectivity index (χ1v) is 4.73. The zero-order chi connectivity index (χ0) is 11.0. The molecule has 3 heteroatoms. The third kappa shape index (κ3) is 1.46. The topological polar surface area (TPSA) is 39.1 Å². The van der Waals surface area contributed by atoms with Crippen LogP contribution in [0.15, 0.2) is 30.5 Å². The Kier molecular flexibility index (Phi) is 2.15. The SMILES string of the molecule is CC(=O)c1cccc2c1ccn2C(C)=O. The van der Waals surface area contributed by atoms with Crippen LogP contribution in [0.25, 0.3) is 10.9 Å². The molecule has 76 valence electrons. The summed E-state index contributed by atoms with van der Waals surface area (Å²) in [5.41, 5.74) is 1.45. The van der Waals surface area contributed by atoms with Gasteiger partial charge >= 0.3 is 0 Å². The first-order valence-electron chi connectivity index (χ1n) is 4.73. The molecule has 3 nitrogen and oxygen atoms in total. The number of benzene rings is 1. The highest BCUT2D eigenvalue weighted by Crippen LogP contribution is 2.20. The van der Waals surface area contributed by atoms with Gasteiger partial charge in [-0.2, -0.15) is 0 Å². The molecule has 0 unspecified atom stereocenters. The Morgan fingerprint density at radius 3 is 2.47 bits per heavy atom. The minimum absolute atomic E-state index is 0.0157. The van der Waals surface area contributed by atoms with Crippen molar-refractivity contribution in [2.45, 2.75) is 13.8 Å². The summed E-state index contributed by atoms with van der Waals surface area (Å²) >= 11 is 0. The maximum absolute atomic E-state index is 11.3. The van der Waals surface area contributed by atoms with E-state index in [0.29, 0.717) is 5.56 Å². The van der Waals surface area contributed by atoms with Crippen LogP contribution < -0.4 is 0 Å². The molecule has 0 N–H and O–H groups in total. The molecule has 2 aromatic rings. The lowest BCUT2D eigenvalue weighted by atomic mass is 10.1. The second-order valence-corrected chi connectivity index (χ2v) is 3.50. The molecule has 0 radical (unpaired) electrons. The van der Waals surface area contributed by atoms with E-state index in [2.05, 4.69) is 0 Å². The predicted octanol–water partition coefficient (Wildman–Crippen LogP) is 2.50. The number of Topliss-reactive ketones (excluding diaryl/α,β-unsaturated/α-hetero) is 1. The second-order valence-electron chi connectivity index (χ2n) is 3.50. The normalized spacial score (nSPS) is 10.5. The van der Waals surface area contributed by atoms with Gasteiger partial charge in [0.05, 0.1) is 5.52 Å². The van der Waals surface area contributed by atoms with E-state index in [9.17, 15) is 9.59 Å². The van der Waals surface area contributed by atoms with E-state index in [-0.39, 0.29) is 11.7 Å². The molecular formula is C12H11NO2. The maximum Gasteiger partial charge on any atom is 0.227 e. The Morgan fingerprint density at radius 2 is 1.87 bits per heavy atom. The molecule has 1 aromatic heterocycles. The highest BCUT2D eigenvalue weighted by atomic mass is 16.1. The number of ketones is 1. The molecule has 0 aliphatic rings. The van der Waals surface area contributed by atoms with Crippen molar-refractivity contribution in [3.05, 3.63) is 36.0 Å². The summed E-state index contributed by atoms with van der Waals surface area (Å²) in [6.07, 6.45) is 1.69. The van der Waals surface area contributed by atoms with E-state index >= 15 is 0 Å². The van der Waals surface area contributed by atoms with Gasteiger partial charge in [0.1, 0.15) is 0 Å². The van der Waals surface area contributed by atoms with Gasteiger partial charge in [-0.15, -0.1) is 0 Å². The molecule has 0 atom stereocenters. The van der Waals surface area contributed by atoms with E-state index in [0.717, 1.165) is 10.9 Å². The van der Waals surface area contributed by atoms with Crippen molar-refractivity contribution in [3.63, 3.8) is 0 Å². The highest BCUT2D eigenvalue weighted by molar-refractivity contribution is 6.08. The molecule has 0 aliphatic heterocycles. The molecule has 0 fully saturated rings. The Morgan fingerprint density at radius 1 is 1.13 bits per heavy atom. The van der Waals surface area contributed by atoms with Gasteiger partial charge in [-0.05, 0) is 19.1 Å². The molecule has 1 heterocycles. The van der Waals surface area contributed by atoms with Crippen molar-refractivity contribution in [3.8, 4) is 0 Å². The van der Waals surface area contributed by atoms with Crippen molar-refractivity contribution >= 4 is 22.6 Å². The number of nitrogens with zero attached hydrogens (tertiary/aromatic N) is 1. The van der Waals surface area contributed by atoms with Crippen LogP contribution in [0.3, 0.4) is 0 Å². The van der Waals surface area contributed by atoms with Gasteiger partial charge in [-0.1, -0.05) is 12.1 Å².